The van der Waals surface area contributed by atoms with Crippen LogP contribution < -0.4 is 5.32 Å². The molecule has 0 radical (unpaired) electrons. The average molecular weight is 231 g/mol. The average Bonchev–Trinajstić information content (AvgIpc) is 2.82. The molecule has 1 N–H and O–H groups in total. The summed E-state index contributed by atoms with van der Waals surface area (Å²) >= 11 is 0. The molecule has 5 nitrogen and oxygen atoms in total. The predicted octanol–water partition coefficient (Wildman–Crippen LogP) is 1.41. The van der Waals surface area contributed by atoms with Gasteiger partial charge in [0.05, 0.1) is 0 Å². The molecule has 0 aliphatic heterocycles. The third-order valence-corrected chi connectivity index (χ3v) is 2.37. The standard InChI is InChI=1S/C12H17N5/c1-10(2)6-13-7-11-4-3-5-15-12(11)17-9-14-8-16-17/h3-5,8-10,13H,6-7H2,1-2H3. The number of rotatable bonds is 5. The fourth-order valence-electron chi connectivity index (χ4n) is 1.59. The minimum atomic E-state index is 0.640. The highest BCUT2D eigenvalue weighted by Gasteiger charge is 2.05. The summed E-state index contributed by atoms with van der Waals surface area (Å²) in [6.45, 7) is 6.16. The Hall–Kier alpha value is -1.75. The summed E-state index contributed by atoms with van der Waals surface area (Å²) in [4.78, 5) is 8.28. The number of hydrogen-bond donors (Lipinski definition) is 1. The summed E-state index contributed by atoms with van der Waals surface area (Å²) in [6.07, 6.45) is 4.94. The first-order valence-corrected chi connectivity index (χ1v) is 5.77. The number of nitrogens with zero attached hydrogens (tertiary/aromatic N) is 4. The van der Waals surface area contributed by atoms with Crippen LogP contribution in [0.25, 0.3) is 5.82 Å². The van der Waals surface area contributed by atoms with Gasteiger partial charge in [-0.25, -0.2) is 14.6 Å². The van der Waals surface area contributed by atoms with Gasteiger partial charge in [0.25, 0.3) is 0 Å². The molecule has 0 atom stereocenters. The van der Waals surface area contributed by atoms with Crippen LogP contribution in [0, 0.1) is 5.92 Å². The van der Waals surface area contributed by atoms with Crippen LogP contribution in [-0.2, 0) is 6.54 Å². The van der Waals surface area contributed by atoms with Gasteiger partial charge in [0, 0.05) is 18.3 Å². The molecule has 2 aromatic heterocycles. The van der Waals surface area contributed by atoms with Crippen molar-refractivity contribution in [1.82, 2.24) is 25.1 Å². The van der Waals surface area contributed by atoms with Gasteiger partial charge < -0.3 is 5.32 Å². The molecular formula is C12H17N5. The summed E-state index contributed by atoms with van der Waals surface area (Å²) < 4.78 is 1.69. The Labute approximate surface area is 101 Å². The summed E-state index contributed by atoms with van der Waals surface area (Å²) in [5, 5.41) is 7.51. The maximum Gasteiger partial charge on any atom is 0.159 e. The molecule has 0 saturated heterocycles. The Morgan fingerprint density at radius 1 is 1.41 bits per heavy atom. The van der Waals surface area contributed by atoms with E-state index in [-0.39, 0.29) is 0 Å². The summed E-state index contributed by atoms with van der Waals surface area (Å²) in [5.41, 5.74) is 1.12. The Morgan fingerprint density at radius 2 is 2.29 bits per heavy atom. The van der Waals surface area contributed by atoms with Gasteiger partial charge in [0.2, 0.25) is 0 Å². The van der Waals surface area contributed by atoms with Crippen molar-refractivity contribution in [2.24, 2.45) is 5.92 Å². The van der Waals surface area contributed by atoms with Crippen molar-refractivity contribution in [3.05, 3.63) is 36.5 Å². The van der Waals surface area contributed by atoms with E-state index in [4.69, 9.17) is 0 Å². The van der Waals surface area contributed by atoms with Crippen LogP contribution in [-0.4, -0.2) is 26.3 Å². The molecule has 0 aliphatic rings. The number of pyridine rings is 1. The quantitative estimate of drug-likeness (QED) is 0.845. The minimum Gasteiger partial charge on any atom is -0.312 e. The van der Waals surface area contributed by atoms with E-state index in [1.54, 1.807) is 17.2 Å². The van der Waals surface area contributed by atoms with Gasteiger partial charge in [-0.05, 0) is 18.5 Å². The fraction of sp³-hybridized carbons (Fsp3) is 0.417. The van der Waals surface area contributed by atoms with Crippen molar-refractivity contribution in [2.75, 3.05) is 6.54 Å². The lowest BCUT2D eigenvalue weighted by Gasteiger charge is -2.10. The molecule has 90 valence electrons. The minimum absolute atomic E-state index is 0.640. The van der Waals surface area contributed by atoms with Crippen molar-refractivity contribution in [3.8, 4) is 5.82 Å². The number of aromatic nitrogens is 4. The van der Waals surface area contributed by atoms with E-state index < -0.39 is 0 Å². The molecule has 0 aliphatic carbocycles. The molecular weight excluding hydrogens is 214 g/mol. The molecule has 2 rings (SSSR count). The molecule has 0 aromatic carbocycles. The molecule has 2 aromatic rings. The lowest BCUT2D eigenvalue weighted by molar-refractivity contribution is 0.550. The largest absolute Gasteiger partial charge is 0.312 e. The van der Waals surface area contributed by atoms with E-state index in [2.05, 4.69) is 40.3 Å². The zero-order chi connectivity index (χ0) is 12.1. The molecule has 0 bridgehead atoms. The van der Waals surface area contributed by atoms with E-state index in [1.165, 1.54) is 6.33 Å². The van der Waals surface area contributed by atoms with Crippen LogP contribution in [0.5, 0.6) is 0 Å². The predicted molar refractivity (Wildman–Crippen MR) is 65.7 cm³/mol. The van der Waals surface area contributed by atoms with Crippen LogP contribution in [0.3, 0.4) is 0 Å². The first kappa shape index (κ1) is 11.7. The Kier molecular flexibility index (Phi) is 3.82. The highest BCUT2D eigenvalue weighted by Crippen LogP contribution is 2.09. The zero-order valence-corrected chi connectivity index (χ0v) is 10.2. The first-order valence-electron chi connectivity index (χ1n) is 5.77. The van der Waals surface area contributed by atoms with Gasteiger partial charge in [-0.3, -0.25) is 0 Å². The Balaban J connectivity index is 2.11. The van der Waals surface area contributed by atoms with Crippen molar-refractivity contribution in [1.29, 1.82) is 0 Å². The van der Waals surface area contributed by atoms with Gasteiger partial charge in [-0.2, -0.15) is 5.10 Å². The molecule has 0 spiro atoms. The van der Waals surface area contributed by atoms with Gasteiger partial charge >= 0.3 is 0 Å². The summed E-state index contributed by atoms with van der Waals surface area (Å²) in [6, 6.07) is 3.99. The van der Waals surface area contributed by atoms with Gasteiger partial charge in [0.15, 0.2) is 5.82 Å². The number of hydrogen-bond acceptors (Lipinski definition) is 4. The molecule has 0 unspecified atom stereocenters. The lowest BCUT2D eigenvalue weighted by atomic mass is 10.2. The van der Waals surface area contributed by atoms with Crippen LogP contribution in [0.1, 0.15) is 19.4 Å². The number of nitrogens with one attached hydrogen (secondary N) is 1. The van der Waals surface area contributed by atoms with E-state index in [9.17, 15) is 0 Å². The third-order valence-electron chi connectivity index (χ3n) is 2.37. The fourth-order valence-corrected chi connectivity index (χ4v) is 1.59. The van der Waals surface area contributed by atoms with Crippen LogP contribution in [0.15, 0.2) is 31.0 Å². The molecule has 2 heterocycles. The zero-order valence-electron chi connectivity index (χ0n) is 10.2. The third kappa shape index (κ3) is 3.10. The first-order chi connectivity index (χ1) is 8.27. The van der Waals surface area contributed by atoms with Crippen molar-refractivity contribution in [2.45, 2.75) is 20.4 Å². The monoisotopic (exact) mass is 231 g/mol. The van der Waals surface area contributed by atoms with Crippen molar-refractivity contribution in [3.63, 3.8) is 0 Å². The second-order valence-electron chi connectivity index (χ2n) is 4.35. The van der Waals surface area contributed by atoms with Crippen LogP contribution in [0.4, 0.5) is 0 Å². The normalized spacial score (nSPS) is 11.0. The van der Waals surface area contributed by atoms with Gasteiger partial charge in [0.1, 0.15) is 12.7 Å². The molecule has 0 fully saturated rings. The van der Waals surface area contributed by atoms with Crippen molar-refractivity contribution < 1.29 is 0 Å². The van der Waals surface area contributed by atoms with E-state index in [1.807, 2.05) is 6.07 Å². The molecule has 0 saturated carbocycles. The van der Waals surface area contributed by atoms with Crippen LogP contribution in [0.2, 0.25) is 0 Å². The molecule has 5 heteroatoms. The highest BCUT2D eigenvalue weighted by molar-refractivity contribution is 5.31. The Bertz CT molecular complexity index is 450. The smallest absolute Gasteiger partial charge is 0.159 e. The molecule has 0 amide bonds. The summed E-state index contributed by atoms with van der Waals surface area (Å²) in [7, 11) is 0. The lowest BCUT2D eigenvalue weighted by Crippen LogP contribution is -2.20. The highest BCUT2D eigenvalue weighted by atomic mass is 15.3. The second kappa shape index (κ2) is 5.54. The van der Waals surface area contributed by atoms with Gasteiger partial charge in [-0.15, -0.1) is 0 Å². The van der Waals surface area contributed by atoms with E-state index in [0.29, 0.717) is 5.92 Å². The Morgan fingerprint density at radius 3 is 3.00 bits per heavy atom. The maximum atomic E-state index is 4.34. The van der Waals surface area contributed by atoms with E-state index >= 15 is 0 Å². The topological polar surface area (TPSA) is 55.6 Å². The SMILES string of the molecule is CC(C)CNCc1cccnc1-n1cncn1. The second-order valence-corrected chi connectivity index (χ2v) is 4.35. The summed E-state index contributed by atoms with van der Waals surface area (Å²) in [5.74, 6) is 1.47. The maximum absolute atomic E-state index is 4.34. The van der Waals surface area contributed by atoms with Crippen molar-refractivity contribution >= 4 is 0 Å². The van der Waals surface area contributed by atoms with Gasteiger partial charge in [-0.1, -0.05) is 19.9 Å². The molecule has 17 heavy (non-hydrogen) atoms. The van der Waals surface area contributed by atoms with E-state index in [0.717, 1.165) is 24.5 Å². The van der Waals surface area contributed by atoms with Crippen LogP contribution >= 0.6 is 0 Å².